The molecular weight excluding hydrogens is 192 g/mol. The van der Waals surface area contributed by atoms with Crippen LogP contribution in [0.2, 0.25) is 0 Å². The second-order valence-corrected chi connectivity index (χ2v) is 4.47. The lowest BCUT2D eigenvalue weighted by molar-refractivity contribution is -0.123. The van der Waals surface area contributed by atoms with E-state index in [1.54, 1.807) is 17.0 Å². The summed E-state index contributed by atoms with van der Waals surface area (Å²) in [7, 11) is 0. The van der Waals surface area contributed by atoms with Crippen LogP contribution in [-0.4, -0.2) is 21.0 Å². The molecule has 0 atom stereocenters. The lowest BCUT2D eigenvalue weighted by Crippen LogP contribution is -2.42. The van der Waals surface area contributed by atoms with Crippen LogP contribution < -0.4 is 11.1 Å². The van der Waals surface area contributed by atoms with Gasteiger partial charge in [0.2, 0.25) is 5.91 Å². The van der Waals surface area contributed by atoms with Crippen LogP contribution in [0, 0.1) is 0 Å². The van der Waals surface area contributed by atoms with Crippen molar-refractivity contribution in [3.8, 4) is 0 Å². The van der Waals surface area contributed by atoms with Crippen molar-refractivity contribution in [2.75, 3.05) is 0 Å². The van der Waals surface area contributed by atoms with E-state index < -0.39 is 0 Å². The molecule has 0 aliphatic rings. The molecule has 0 unspecified atom stereocenters. The number of aromatic nitrogens is 2. The van der Waals surface area contributed by atoms with Gasteiger partial charge in [-0.1, -0.05) is 0 Å². The van der Waals surface area contributed by atoms with E-state index in [1.807, 2.05) is 20.8 Å². The second-order valence-electron chi connectivity index (χ2n) is 4.47. The summed E-state index contributed by atoms with van der Waals surface area (Å²) in [6.45, 7) is 6.45. The number of hydrogen-bond acceptors (Lipinski definition) is 3. The zero-order valence-electron chi connectivity index (χ0n) is 9.45. The number of nitrogens with zero attached hydrogens (tertiary/aromatic N) is 2. The third-order valence-corrected chi connectivity index (χ3v) is 1.81. The van der Waals surface area contributed by atoms with Gasteiger partial charge in [-0.3, -0.25) is 4.79 Å². The Balaban J connectivity index is 2.59. The molecule has 1 heterocycles. The Morgan fingerprint density at radius 1 is 1.60 bits per heavy atom. The van der Waals surface area contributed by atoms with E-state index in [0.29, 0.717) is 6.54 Å². The number of imidazole rings is 1. The molecule has 84 valence electrons. The summed E-state index contributed by atoms with van der Waals surface area (Å²) < 4.78 is 1.75. The van der Waals surface area contributed by atoms with Gasteiger partial charge in [0, 0.05) is 17.9 Å². The first-order valence-electron chi connectivity index (χ1n) is 4.93. The highest BCUT2D eigenvalue weighted by Gasteiger charge is 2.14. The van der Waals surface area contributed by atoms with Crippen LogP contribution in [-0.2, 0) is 17.9 Å². The lowest BCUT2D eigenvalue weighted by atomic mass is 10.1. The molecule has 5 heteroatoms. The lowest BCUT2D eigenvalue weighted by Gasteiger charge is -2.20. The molecule has 3 N–H and O–H groups in total. The van der Waals surface area contributed by atoms with E-state index >= 15 is 0 Å². The smallest absolute Gasteiger partial charge is 0.240 e. The topological polar surface area (TPSA) is 72.9 Å². The van der Waals surface area contributed by atoms with Gasteiger partial charge in [0.1, 0.15) is 12.4 Å². The minimum atomic E-state index is -0.208. The van der Waals surface area contributed by atoms with Gasteiger partial charge in [-0.05, 0) is 20.8 Å². The Morgan fingerprint density at radius 2 is 2.27 bits per heavy atom. The maximum absolute atomic E-state index is 11.6. The van der Waals surface area contributed by atoms with E-state index in [0.717, 1.165) is 5.82 Å². The van der Waals surface area contributed by atoms with E-state index in [4.69, 9.17) is 5.73 Å². The molecule has 1 aromatic heterocycles. The van der Waals surface area contributed by atoms with Crippen molar-refractivity contribution >= 4 is 5.91 Å². The van der Waals surface area contributed by atoms with Crippen molar-refractivity contribution in [3.63, 3.8) is 0 Å². The zero-order chi connectivity index (χ0) is 11.5. The fourth-order valence-electron chi connectivity index (χ4n) is 1.29. The maximum Gasteiger partial charge on any atom is 0.240 e. The molecule has 0 fully saturated rings. The van der Waals surface area contributed by atoms with Crippen LogP contribution in [0.4, 0.5) is 0 Å². The summed E-state index contributed by atoms with van der Waals surface area (Å²) in [5, 5.41) is 2.88. The number of hydrogen-bond donors (Lipinski definition) is 2. The van der Waals surface area contributed by atoms with Crippen molar-refractivity contribution in [2.24, 2.45) is 5.73 Å². The largest absolute Gasteiger partial charge is 0.350 e. The van der Waals surface area contributed by atoms with Crippen molar-refractivity contribution in [1.82, 2.24) is 14.9 Å². The average Bonchev–Trinajstić information content (AvgIpc) is 2.48. The molecule has 1 aromatic rings. The molecule has 15 heavy (non-hydrogen) atoms. The van der Waals surface area contributed by atoms with Gasteiger partial charge in [-0.2, -0.15) is 0 Å². The van der Waals surface area contributed by atoms with E-state index in [-0.39, 0.29) is 18.0 Å². The maximum atomic E-state index is 11.6. The normalized spacial score (nSPS) is 11.5. The molecule has 1 rings (SSSR count). The second kappa shape index (κ2) is 4.44. The fraction of sp³-hybridized carbons (Fsp3) is 0.600. The Bertz CT molecular complexity index is 337. The third kappa shape index (κ3) is 3.71. The van der Waals surface area contributed by atoms with E-state index in [1.165, 1.54) is 0 Å². The molecule has 0 aliphatic heterocycles. The number of carbonyl (C=O) groups excluding carboxylic acids is 1. The molecule has 0 aliphatic carbocycles. The Hall–Kier alpha value is -1.36. The quantitative estimate of drug-likeness (QED) is 0.751. The standard InChI is InChI=1S/C10H18N4O/c1-10(2,3)13-9(15)7-14-5-4-12-8(14)6-11/h4-5H,6-7,11H2,1-3H3,(H,13,15). The van der Waals surface area contributed by atoms with Crippen molar-refractivity contribution in [3.05, 3.63) is 18.2 Å². The van der Waals surface area contributed by atoms with Crippen LogP contribution in [0.1, 0.15) is 26.6 Å². The highest BCUT2D eigenvalue weighted by atomic mass is 16.2. The highest BCUT2D eigenvalue weighted by Crippen LogP contribution is 2.00. The minimum absolute atomic E-state index is 0.0322. The number of carbonyl (C=O) groups is 1. The first-order valence-corrected chi connectivity index (χ1v) is 4.93. The molecule has 0 saturated heterocycles. The first-order chi connectivity index (χ1) is 6.92. The zero-order valence-corrected chi connectivity index (χ0v) is 9.45. The highest BCUT2D eigenvalue weighted by molar-refractivity contribution is 5.76. The summed E-state index contributed by atoms with van der Waals surface area (Å²) >= 11 is 0. The SMILES string of the molecule is CC(C)(C)NC(=O)Cn1ccnc1CN. The fourth-order valence-corrected chi connectivity index (χ4v) is 1.29. The molecule has 0 radical (unpaired) electrons. The number of nitrogens with one attached hydrogen (secondary N) is 1. The molecule has 0 bridgehead atoms. The van der Waals surface area contributed by atoms with E-state index in [2.05, 4.69) is 10.3 Å². The minimum Gasteiger partial charge on any atom is -0.350 e. The van der Waals surface area contributed by atoms with Gasteiger partial charge < -0.3 is 15.6 Å². The Labute approximate surface area is 89.7 Å². The van der Waals surface area contributed by atoms with Crippen LogP contribution in [0.3, 0.4) is 0 Å². The monoisotopic (exact) mass is 210 g/mol. The summed E-state index contributed by atoms with van der Waals surface area (Å²) in [6, 6.07) is 0. The Kier molecular flexibility index (Phi) is 3.47. The summed E-state index contributed by atoms with van der Waals surface area (Å²) in [6.07, 6.45) is 3.40. The van der Waals surface area contributed by atoms with Gasteiger partial charge in [0.05, 0.1) is 6.54 Å². The van der Waals surface area contributed by atoms with Gasteiger partial charge in [0.25, 0.3) is 0 Å². The number of nitrogens with two attached hydrogens (primary N) is 1. The summed E-state index contributed by atoms with van der Waals surface area (Å²) in [4.78, 5) is 15.6. The molecular formula is C10H18N4O. The summed E-state index contributed by atoms with van der Waals surface area (Å²) in [5.41, 5.74) is 5.28. The van der Waals surface area contributed by atoms with Crippen molar-refractivity contribution in [1.29, 1.82) is 0 Å². The Morgan fingerprint density at radius 3 is 2.80 bits per heavy atom. The summed E-state index contributed by atoms with van der Waals surface area (Å²) in [5.74, 6) is 0.689. The van der Waals surface area contributed by atoms with Crippen LogP contribution >= 0.6 is 0 Å². The first kappa shape index (κ1) is 11.7. The van der Waals surface area contributed by atoms with E-state index in [9.17, 15) is 4.79 Å². The van der Waals surface area contributed by atoms with Crippen LogP contribution in [0.25, 0.3) is 0 Å². The molecule has 5 nitrogen and oxygen atoms in total. The molecule has 0 aromatic carbocycles. The number of rotatable bonds is 3. The molecule has 1 amide bonds. The van der Waals surface area contributed by atoms with Gasteiger partial charge >= 0.3 is 0 Å². The molecule has 0 saturated carbocycles. The third-order valence-electron chi connectivity index (χ3n) is 1.81. The van der Waals surface area contributed by atoms with Gasteiger partial charge in [0.15, 0.2) is 0 Å². The van der Waals surface area contributed by atoms with Crippen LogP contribution in [0.15, 0.2) is 12.4 Å². The van der Waals surface area contributed by atoms with Crippen molar-refractivity contribution < 1.29 is 4.79 Å². The molecule has 0 spiro atoms. The number of amides is 1. The average molecular weight is 210 g/mol. The van der Waals surface area contributed by atoms with Gasteiger partial charge in [-0.25, -0.2) is 4.98 Å². The van der Waals surface area contributed by atoms with Crippen molar-refractivity contribution in [2.45, 2.75) is 39.4 Å². The predicted octanol–water partition coefficient (Wildman–Crippen LogP) is 0.257. The van der Waals surface area contributed by atoms with Gasteiger partial charge in [-0.15, -0.1) is 0 Å². The van der Waals surface area contributed by atoms with Crippen LogP contribution in [0.5, 0.6) is 0 Å². The predicted molar refractivity (Wildman–Crippen MR) is 58.0 cm³/mol.